The highest BCUT2D eigenvalue weighted by molar-refractivity contribution is 5.05. The zero-order valence-corrected chi connectivity index (χ0v) is 9.46. The number of aliphatic hydroxyl groups excluding tert-OH is 1. The molecule has 2 nitrogen and oxygen atoms in total. The Labute approximate surface area is 86.9 Å². The summed E-state index contributed by atoms with van der Waals surface area (Å²) in [4.78, 5) is 0. The van der Waals surface area contributed by atoms with E-state index in [9.17, 15) is 5.11 Å². The number of hydrogen-bond acceptors (Lipinski definition) is 2. The van der Waals surface area contributed by atoms with Crippen molar-refractivity contribution < 1.29 is 5.11 Å². The molecule has 0 aliphatic heterocycles. The fourth-order valence-electron chi connectivity index (χ4n) is 1.12. The van der Waals surface area contributed by atoms with Gasteiger partial charge in [-0.05, 0) is 18.8 Å². The molecule has 0 aromatic rings. The van der Waals surface area contributed by atoms with Crippen molar-refractivity contribution in [2.75, 3.05) is 0 Å². The van der Waals surface area contributed by atoms with Gasteiger partial charge in [0.15, 0.2) is 0 Å². The highest BCUT2D eigenvalue weighted by Gasteiger charge is 2.32. The summed E-state index contributed by atoms with van der Waals surface area (Å²) in [5.41, 5.74) is -0.811. The van der Waals surface area contributed by atoms with Gasteiger partial charge in [-0.2, -0.15) is 5.26 Å². The predicted octanol–water partition coefficient (Wildman–Crippen LogP) is 2.34. The summed E-state index contributed by atoms with van der Waals surface area (Å²) in [6.07, 6.45) is 5.51. The normalized spacial score (nSPS) is 17.6. The van der Waals surface area contributed by atoms with E-state index in [4.69, 9.17) is 11.7 Å². The fourth-order valence-corrected chi connectivity index (χ4v) is 1.12. The molecule has 0 saturated heterocycles. The van der Waals surface area contributed by atoms with Gasteiger partial charge in [-0.25, -0.2) is 0 Å². The number of nitriles is 1. The molecule has 1 N–H and O–H groups in total. The van der Waals surface area contributed by atoms with Crippen LogP contribution in [0, 0.1) is 34.5 Å². The summed E-state index contributed by atoms with van der Waals surface area (Å²) in [7, 11) is 0. The summed E-state index contributed by atoms with van der Waals surface area (Å²) in [6, 6.07) is 2.18. The van der Waals surface area contributed by atoms with Crippen LogP contribution in [-0.2, 0) is 0 Å². The molecule has 0 spiro atoms. The van der Waals surface area contributed by atoms with Gasteiger partial charge in [0.25, 0.3) is 0 Å². The fraction of sp³-hybridized carbons (Fsp3) is 0.750. The average molecular weight is 193 g/mol. The second kappa shape index (κ2) is 4.49. The molecule has 0 fully saturated rings. The molecule has 0 bridgehead atoms. The van der Waals surface area contributed by atoms with E-state index < -0.39 is 11.5 Å². The van der Waals surface area contributed by atoms with Crippen LogP contribution in [0.15, 0.2) is 0 Å². The SMILES string of the molecule is C#CC[C@@](C)(C#N)C[C@H](O)C(C)(C)C. The molecule has 0 aliphatic carbocycles. The molecule has 14 heavy (non-hydrogen) atoms. The lowest BCUT2D eigenvalue weighted by molar-refractivity contribution is 0.0329. The molecule has 0 heterocycles. The average Bonchev–Trinajstić information content (AvgIpc) is 2.03. The van der Waals surface area contributed by atoms with Crippen LogP contribution in [0.5, 0.6) is 0 Å². The standard InChI is InChI=1S/C12H19NO/c1-6-7-12(5,9-13)8-10(14)11(2,3)4/h1,10,14H,7-8H2,2-5H3/t10-,12+/m0/s1. The van der Waals surface area contributed by atoms with E-state index in [-0.39, 0.29) is 5.41 Å². The van der Waals surface area contributed by atoms with E-state index in [1.54, 1.807) is 6.92 Å². The van der Waals surface area contributed by atoms with Crippen LogP contribution in [0.25, 0.3) is 0 Å². The van der Waals surface area contributed by atoms with Gasteiger partial charge in [0.2, 0.25) is 0 Å². The molecular weight excluding hydrogens is 174 g/mol. The first-order valence-corrected chi connectivity index (χ1v) is 4.78. The molecule has 0 rings (SSSR count). The molecule has 0 unspecified atom stereocenters. The minimum absolute atomic E-state index is 0.202. The Morgan fingerprint density at radius 1 is 1.36 bits per heavy atom. The molecule has 0 aliphatic rings. The largest absolute Gasteiger partial charge is 0.393 e. The van der Waals surface area contributed by atoms with Crippen LogP contribution in [0.1, 0.15) is 40.5 Å². The summed E-state index contributed by atoms with van der Waals surface area (Å²) in [5, 5.41) is 18.8. The maximum atomic E-state index is 9.86. The first kappa shape index (κ1) is 13.0. The maximum absolute atomic E-state index is 9.86. The molecule has 0 aromatic carbocycles. The highest BCUT2D eigenvalue weighted by Crippen LogP contribution is 2.32. The van der Waals surface area contributed by atoms with Crippen molar-refractivity contribution in [3.8, 4) is 18.4 Å². The lowest BCUT2D eigenvalue weighted by Gasteiger charge is -2.31. The Morgan fingerprint density at radius 2 is 1.86 bits per heavy atom. The summed E-state index contributed by atoms with van der Waals surface area (Å²) < 4.78 is 0. The van der Waals surface area contributed by atoms with Crippen molar-refractivity contribution in [2.24, 2.45) is 10.8 Å². The lowest BCUT2D eigenvalue weighted by Crippen LogP contribution is -2.32. The monoisotopic (exact) mass is 193 g/mol. The number of nitrogens with zero attached hydrogens (tertiary/aromatic N) is 1. The van der Waals surface area contributed by atoms with E-state index in [1.807, 2.05) is 20.8 Å². The van der Waals surface area contributed by atoms with Crippen molar-refractivity contribution in [3.63, 3.8) is 0 Å². The quantitative estimate of drug-likeness (QED) is 0.699. The molecule has 0 amide bonds. The maximum Gasteiger partial charge on any atom is 0.0697 e. The number of aliphatic hydroxyl groups is 1. The molecule has 2 atom stereocenters. The zero-order chi connectivity index (χ0) is 11.4. The molecule has 78 valence electrons. The second-order valence-corrected chi connectivity index (χ2v) is 5.14. The van der Waals surface area contributed by atoms with Crippen molar-refractivity contribution >= 4 is 0 Å². The Balaban J connectivity index is 4.51. The van der Waals surface area contributed by atoms with Crippen molar-refractivity contribution in [3.05, 3.63) is 0 Å². The van der Waals surface area contributed by atoms with E-state index >= 15 is 0 Å². The molecule has 2 heteroatoms. The Bertz CT molecular complexity index is 264. The van der Waals surface area contributed by atoms with Gasteiger partial charge in [-0.15, -0.1) is 12.3 Å². The van der Waals surface area contributed by atoms with Crippen LogP contribution >= 0.6 is 0 Å². The van der Waals surface area contributed by atoms with Crippen LogP contribution < -0.4 is 0 Å². The Hall–Kier alpha value is -0.990. The summed E-state index contributed by atoms with van der Waals surface area (Å²) in [6.45, 7) is 7.64. The van der Waals surface area contributed by atoms with Gasteiger partial charge >= 0.3 is 0 Å². The molecule has 0 radical (unpaired) electrons. The topological polar surface area (TPSA) is 44.0 Å². The third kappa shape index (κ3) is 3.81. The van der Waals surface area contributed by atoms with Crippen LogP contribution in [0.2, 0.25) is 0 Å². The zero-order valence-electron chi connectivity index (χ0n) is 9.46. The Kier molecular flexibility index (Phi) is 4.17. The van der Waals surface area contributed by atoms with Crippen LogP contribution in [0.3, 0.4) is 0 Å². The van der Waals surface area contributed by atoms with Gasteiger partial charge < -0.3 is 5.11 Å². The number of rotatable bonds is 3. The number of hydrogen-bond donors (Lipinski definition) is 1. The van der Waals surface area contributed by atoms with Crippen LogP contribution in [0.4, 0.5) is 0 Å². The molecular formula is C12H19NO. The molecule has 0 saturated carbocycles. The van der Waals surface area contributed by atoms with Gasteiger partial charge in [-0.1, -0.05) is 20.8 Å². The van der Waals surface area contributed by atoms with Crippen molar-refractivity contribution in [2.45, 2.75) is 46.6 Å². The second-order valence-electron chi connectivity index (χ2n) is 5.14. The van der Waals surface area contributed by atoms with Crippen LogP contribution in [-0.4, -0.2) is 11.2 Å². The Morgan fingerprint density at radius 3 is 2.14 bits per heavy atom. The van der Waals surface area contributed by atoms with E-state index in [1.165, 1.54) is 0 Å². The van der Waals surface area contributed by atoms with Gasteiger partial charge in [0, 0.05) is 6.42 Å². The van der Waals surface area contributed by atoms with Gasteiger partial charge in [0.1, 0.15) is 0 Å². The van der Waals surface area contributed by atoms with Gasteiger partial charge in [0.05, 0.1) is 17.6 Å². The first-order valence-electron chi connectivity index (χ1n) is 4.78. The van der Waals surface area contributed by atoms with E-state index in [2.05, 4.69) is 12.0 Å². The minimum atomic E-state index is -0.610. The summed E-state index contributed by atoms with van der Waals surface area (Å²) in [5.74, 6) is 2.48. The predicted molar refractivity (Wildman–Crippen MR) is 57.2 cm³/mol. The molecule has 0 aromatic heterocycles. The van der Waals surface area contributed by atoms with E-state index in [0.29, 0.717) is 12.8 Å². The summed E-state index contributed by atoms with van der Waals surface area (Å²) >= 11 is 0. The lowest BCUT2D eigenvalue weighted by atomic mass is 9.76. The third-order valence-electron chi connectivity index (χ3n) is 2.41. The first-order chi connectivity index (χ1) is 6.25. The van der Waals surface area contributed by atoms with Crippen molar-refractivity contribution in [1.29, 1.82) is 5.26 Å². The minimum Gasteiger partial charge on any atom is -0.393 e. The van der Waals surface area contributed by atoms with Crippen molar-refractivity contribution in [1.82, 2.24) is 0 Å². The smallest absolute Gasteiger partial charge is 0.0697 e. The van der Waals surface area contributed by atoms with Gasteiger partial charge in [-0.3, -0.25) is 0 Å². The highest BCUT2D eigenvalue weighted by atomic mass is 16.3. The third-order valence-corrected chi connectivity index (χ3v) is 2.41. The van der Waals surface area contributed by atoms with E-state index in [0.717, 1.165) is 0 Å². The number of terminal acetylenes is 1.